The quantitative estimate of drug-likeness (QED) is 0.636. The van der Waals surface area contributed by atoms with E-state index < -0.39 is 11.6 Å². The van der Waals surface area contributed by atoms with Crippen molar-refractivity contribution < 1.29 is 9.59 Å². The van der Waals surface area contributed by atoms with E-state index in [2.05, 4.69) is 29.6 Å². The predicted octanol–water partition coefficient (Wildman–Crippen LogP) is 4.50. The van der Waals surface area contributed by atoms with Crippen molar-refractivity contribution >= 4 is 24.2 Å². The van der Waals surface area contributed by atoms with E-state index >= 15 is 0 Å². The van der Waals surface area contributed by atoms with Gasteiger partial charge in [0.1, 0.15) is 6.04 Å². The molecule has 1 aromatic rings. The number of benzene rings is 1. The van der Waals surface area contributed by atoms with Crippen molar-refractivity contribution in [3.63, 3.8) is 0 Å². The van der Waals surface area contributed by atoms with Gasteiger partial charge in [-0.2, -0.15) is 0 Å². The summed E-state index contributed by atoms with van der Waals surface area (Å²) in [6.07, 6.45) is 12.5. The highest BCUT2D eigenvalue weighted by molar-refractivity contribution is 5.91. The fraction of sp³-hybridized carbons (Fsp3) is 0.704. The van der Waals surface area contributed by atoms with Crippen LogP contribution in [0.4, 0.5) is 0 Å². The number of amides is 2. The lowest BCUT2D eigenvalue weighted by Crippen LogP contribution is -2.57. The number of nitrogens with one attached hydrogen (secondary N) is 1. The van der Waals surface area contributed by atoms with Crippen molar-refractivity contribution in [1.29, 1.82) is 0 Å². The van der Waals surface area contributed by atoms with Crippen molar-refractivity contribution in [1.82, 2.24) is 10.2 Å². The Balaban J connectivity index is 0.00000306. The first-order chi connectivity index (χ1) is 15.3. The Morgan fingerprint density at radius 2 is 1.79 bits per heavy atom. The second-order valence-corrected chi connectivity index (χ2v) is 11.1. The molecule has 6 heteroatoms. The Hall–Kier alpha value is -1.59. The molecule has 1 aromatic carbocycles. The molecular weight excluding hydrogens is 434 g/mol. The third-order valence-corrected chi connectivity index (χ3v) is 8.27. The largest absolute Gasteiger partial charge is 0.343 e. The maximum absolute atomic E-state index is 13.6. The SMILES string of the molecule is CC(C)(N)C(=O)N[C@H](CCC1CCCCC1)C(=O)N1CCC2(CCc3ccccc32)CC1.Cl. The summed E-state index contributed by atoms with van der Waals surface area (Å²) in [4.78, 5) is 28.2. The molecule has 184 valence electrons. The Bertz CT molecular complexity index is 821. The maximum atomic E-state index is 13.6. The van der Waals surface area contributed by atoms with Gasteiger partial charge in [-0.05, 0) is 74.8 Å². The van der Waals surface area contributed by atoms with Crippen LogP contribution in [-0.2, 0) is 21.4 Å². The lowest BCUT2D eigenvalue weighted by molar-refractivity contribution is -0.139. The molecule has 1 saturated heterocycles. The molecule has 0 unspecified atom stereocenters. The number of piperidine rings is 1. The fourth-order valence-corrected chi connectivity index (χ4v) is 6.14. The molecule has 2 amide bonds. The van der Waals surface area contributed by atoms with Crippen LogP contribution in [0.15, 0.2) is 24.3 Å². The highest BCUT2D eigenvalue weighted by Crippen LogP contribution is 2.46. The molecule has 5 nitrogen and oxygen atoms in total. The van der Waals surface area contributed by atoms with E-state index in [0.29, 0.717) is 5.92 Å². The topological polar surface area (TPSA) is 75.4 Å². The molecule has 2 fully saturated rings. The minimum Gasteiger partial charge on any atom is -0.343 e. The Labute approximate surface area is 205 Å². The fourth-order valence-electron chi connectivity index (χ4n) is 6.14. The number of aryl methyl sites for hydroxylation is 1. The first-order valence-electron chi connectivity index (χ1n) is 12.8. The average molecular weight is 476 g/mol. The summed E-state index contributed by atoms with van der Waals surface area (Å²) in [5.74, 6) is 0.527. The van der Waals surface area contributed by atoms with Crippen LogP contribution in [0, 0.1) is 5.92 Å². The number of hydrogen-bond donors (Lipinski definition) is 2. The molecule has 1 saturated carbocycles. The van der Waals surface area contributed by atoms with Crippen LogP contribution in [-0.4, -0.2) is 41.4 Å². The highest BCUT2D eigenvalue weighted by Gasteiger charge is 2.42. The van der Waals surface area contributed by atoms with Gasteiger partial charge in [0.05, 0.1) is 5.54 Å². The third kappa shape index (κ3) is 5.92. The monoisotopic (exact) mass is 475 g/mol. The number of hydrogen-bond acceptors (Lipinski definition) is 3. The van der Waals surface area contributed by atoms with E-state index in [1.807, 2.05) is 4.90 Å². The molecule has 33 heavy (non-hydrogen) atoms. The average Bonchev–Trinajstić information content (AvgIpc) is 3.15. The zero-order chi connectivity index (χ0) is 22.8. The van der Waals surface area contributed by atoms with Gasteiger partial charge < -0.3 is 16.0 Å². The van der Waals surface area contributed by atoms with Crippen LogP contribution in [0.25, 0.3) is 0 Å². The molecule has 0 aromatic heterocycles. The Kier molecular flexibility index (Phi) is 8.50. The number of halogens is 1. The van der Waals surface area contributed by atoms with Gasteiger partial charge in [0, 0.05) is 13.1 Å². The lowest BCUT2D eigenvalue weighted by Gasteiger charge is -2.41. The van der Waals surface area contributed by atoms with E-state index in [-0.39, 0.29) is 29.6 Å². The molecule has 1 heterocycles. The van der Waals surface area contributed by atoms with Gasteiger partial charge in [-0.1, -0.05) is 56.4 Å². The highest BCUT2D eigenvalue weighted by atomic mass is 35.5. The molecule has 2 aliphatic carbocycles. The van der Waals surface area contributed by atoms with E-state index in [9.17, 15) is 9.59 Å². The molecule has 3 aliphatic rings. The van der Waals surface area contributed by atoms with Gasteiger partial charge >= 0.3 is 0 Å². The van der Waals surface area contributed by atoms with Gasteiger partial charge in [-0.25, -0.2) is 0 Å². The van der Waals surface area contributed by atoms with E-state index in [0.717, 1.165) is 45.2 Å². The summed E-state index contributed by atoms with van der Waals surface area (Å²) >= 11 is 0. The second kappa shape index (κ2) is 10.8. The minimum absolute atomic E-state index is 0. The smallest absolute Gasteiger partial charge is 0.245 e. The van der Waals surface area contributed by atoms with Crippen LogP contribution in [0.3, 0.4) is 0 Å². The Morgan fingerprint density at radius 1 is 1.12 bits per heavy atom. The van der Waals surface area contributed by atoms with E-state index in [1.165, 1.54) is 49.7 Å². The van der Waals surface area contributed by atoms with E-state index in [4.69, 9.17) is 5.73 Å². The van der Waals surface area contributed by atoms with Gasteiger partial charge in [-0.15, -0.1) is 12.4 Å². The van der Waals surface area contributed by atoms with Crippen LogP contribution in [0.2, 0.25) is 0 Å². The summed E-state index contributed by atoms with van der Waals surface area (Å²) in [6.45, 7) is 4.95. The summed E-state index contributed by atoms with van der Waals surface area (Å²) < 4.78 is 0. The van der Waals surface area contributed by atoms with Crippen LogP contribution < -0.4 is 11.1 Å². The number of nitrogens with two attached hydrogens (primary N) is 1. The van der Waals surface area contributed by atoms with Crippen LogP contribution >= 0.6 is 12.4 Å². The van der Waals surface area contributed by atoms with Gasteiger partial charge in [0.15, 0.2) is 0 Å². The number of likely N-dealkylation sites (tertiary alicyclic amines) is 1. The molecule has 1 atom stereocenters. The van der Waals surface area contributed by atoms with Gasteiger partial charge in [-0.3, -0.25) is 9.59 Å². The standard InChI is InChI=1S/C27H41N3O2.ClH/c1-26(2,28)25(32)29-23(13-12-20-8-4-3-5-9-20)24(31)30-18-16-27(17-19-30)15-14-21-10-6-7-11-22(21)27;/h6-7,10-11,20,23H,3-5,8-9,12-19,28H2,1-2H3,(H,29,32);1H/t23-;/m1./s1. The molecule has 1 spiro atoms. The summed E-state index contributed by atoms with van der Waals surface area (Å²) in [5, 5.41) is 3.02. The first kappa shape index (κ1) is 26.0. The summed E-state index contributed by atoms with van der Waals surface area (Å²) in [5.41, 5.74) is 8.26. The number of carbonyl (C=O) groups excluding carboxylic acids is 2. The molecule has 0 bridgehead atoms. The maximum Gasteiger partial charge on any atom is 0.245 e. The normalized spacial score (nSPS) is 21.2. The van der Waals surface area contributed by atoms with Crippen molar-refractivity contribution in [2.24, 2.45) is 11.7 Å². The second-order valence-electron chi connectivity index (χ2n) is 11.1. The number of rotatable bonds is 6. The van der Waals surface area contributed by atoms with Crippen LogP contribution in [0.5, 0.6) is 0 Å². The molecule has 3 N–H and O–H groups in total. The predicted molar refractivity (Wildman–Crippen MR) is 136 cm³/mol. The number of carbonyl (C=O) groups is 2. The van der Waals surface area contributed by atoms with Gasteiger partial charge in [0.25, 0.3) is 0 Å². The molecule has 0 radical (unpaired) electrons. The number of fused-ring (bicyclic) bond motifs is 2. The summed E-state index contributed by atoms with van der Waals surface area (Å²) in [6, 6.07) is 8.37. The minimum atomic E-state index is -0.983. The number of nitrogens with zero attached hydrogens (tertiary/aromatic N) is 1. The van der Waals surface area contributed by atoms with Crippen molar-refractivity contribution in [3.05, 3.63) is 35.4 Å². The summed E-state index contributed by atoms with van der Waals surface area (Å²) in [7, 11) is 0. The Morgan fingerprint density at radius 3 is 2.45 bits per heavy atom. The molecule has 4 rings (SSSR count). The zero-order valence-corrected chi connectivity index (χ0v) is 21.2. The molecule has 1 aliphatic heterocycles. The van der Waals surface area contributed by atoms with Crippen molar-refractivity contribution in [2.75, 3.05) is 13.1 Å². The van der Waals surface area contributed by atoms with Crippen molar-refractivity contribution in [3.8, 4) is 0 Å². The zero-order valence-electron chi connectivity index (χ0n) is 20.4. The van der Waals surface area contributed by atoms with Crippen molar-refractivity contribution in [2.45, 2.75) is 101 Å². The lowest BCUT2D eigenvalue weighted by atomic mass is 9.73. The van der Waals surface area contributed by atoms with E-state index in [1.54, 1.807) is 13.8 Å². The van der Waals surface area contributed by atoms with Crippen LogP contribution in [0.1, 0.15) is 89.2 Å². The van der Waals surface area contributed by atoms with Gasteiger partial charge in [0.2, 0.25) is 11.8 Å². The molecular formula is C27H42ClN3O2. The third-order valence-electron chi connectivity index (χ3n) is 8.27. The first-order valence-corrected chi connectivity index (χ1v) is 12.8.